The van der Waals surface area contributed by atoms with Crippen LogP contribution in [-0.4, -0.2) is 52.3 Å². The monoisotopic (exact) mass is 353 g/mol. The van der Waals surface area contributed by atoms with Crippen LogP contribution < -0.4 is 0 Å². The van der Waals surface area contributed by atoms with Crippen molar-refractivity contribution in [2.45, 2.75) is 19.9 Å². The van der Waals surface area contributed by atoms with E-state index in [1.807, 2.05) is 13.8 Å². The Balaban J connectivity index is 1.84. The number of amides is 2. The number of nitrogens with zero attached hydrogens (tertiary/aromatic N) is 2. The molecule has 2 aromatic rings. The van der Waals surface area contributed by atoms with Gasteiger partial charge in [-0.05, 0) is 32.0 Å². The summed E-state index contributed by atoms with van der Waals surface area (Å²) in [5.74, 6) is -0.234. The second-order valence-electron chi connectivity index (χ2n) is 5.91. The van der Waals surface area contributed by atoms with Gasteiger partial charge in [0.1, 0.15) is 12.2 Å². The summed E-state index contributed by atoms with van der Waals surface area (Å²) in [5.41, 5.74) is 1.16. The number of piperazine rings is 1. The highest BCUT2D eigenvalue weighted by atomic mass is 35.5. The molecule has 2 heterocycles. The van der Waals surface area contributed by atoms with E-state index in [9.17, 15) is 9.59 Å². The molecule has 5 nitrogen and oxygen atoms in total. The van der Waals surface area contributed by atoms with Crippen molar-refractivity contribution in [3.63, 3.8) is 0 Å². The van der Waals surface area contributed by atoms with Gasteiger partial charge in [-0.3, -0.25) is 9.59 Å². The Morgan fingerprint density at radius 3 is 2.65 bits per heavy atom. The molecule has 1 fully saturated rings. The molecule has 23 heavy (non-hydrogen) atoms. The van der Waals surface area contributed by atoms with Gasteiger partial charge in [-0.2, -0.15) is 0 Å². The summed E-state index contributed by atoms with van der Waals surface area (Å²) in [4.78, 5) is 31.2. The lowest BCUT2D eigenvalue weighted by atomic mass is 10.2. The number of aromatic nitrogens is 1. The molecule has 1 aromatic heterocycles. The Kier molecular flexibility index (Phi) is 4.25. The van der Waals surface area contributed by atoms with Crippen LogP contribution in [0.15, 0.2) is 18.2 Å². The highest BCUT2D eigenvalue weighted by Crippen LogP contribution is 2.31. The Morgan fingerprint density at radius 1 is 1.26 bits per heavy atom. The predicted molar refractivity (Wildman–Crippen MR) is 91.1 cm³/mol. The van der Waals surface area contributed by atoms with Crippen molar-refractivity contribution < 1.29 is 9.59 Å². The minimum Gasteiger partial charge on any atom is -0.350 e. The van der Waals surface area contributed by atoms with E-state index in [2.05, 4.69) is 4.98 Å². The highest BCUT2D eigenvalue weighted by molar-refractivity contribution is 6.45. The number of nitrogens with one attached hydrogen (secondary N) is 1. The standard InChI is InChI=1S/C16H17Cl2N3O2/c1-9(2)21-6-5-20(8-14(21)22)16(23)13-7-10-12(19-13)4-3-11(17)15(10)18/h3-4,7,9,19H,5-6,8H2,1-2H3. The first-order valence-electron chi connectivity index (χ1n) is 7.44. The Bertz CT molecular complexity index is 785. The fourth-order valence-corrected chi connectivity index (χ4v) is 3.22. The van der Waals surface area contributed by atoms with Crippen molar-refractivity contribution >= 4 is 45.9 Å². The third-order valence-corrected chi connectivity index (χ3v) is 4.91. The molecule has 0 bridgehead atoms. The first-order chi connectivity index (χ1) is 10.9. The molecule has 0 radical (unpaired) electrons. The van der Waals surface area contributed by atoms with E-state index in [1.165, 1.54) is 0 Å². The van der Waals surface area contributed by atoms with Gasteiger partial charge in [0, 0.05) is 30.0 Å². The first-order valence-corrected chi connectivity index (χ1v) is 8.19. The first kappa shape index (κ1) is 16.1. The number of fused-ring (bicyclic) bond motifs is 1. The smallest absolute Gasteiger partial charge is 0.270 e. The van der Waals surface area contributed by atoms with Crippen LogP contribution in [0.1, 0.15) is 24.3 Å². The minimum absolute atomic E-state index is 0.0308. The molecule has 0 aliphatic carbocycles. The quantitative estimate of drug-likeness (QED) is 0.901. The van der Waals surface area contributed by atoms with Crippen molar-refractivity contribution in [3.8, 4) is 0 Å². The number of halogens is 2. The van der Waals surface area contributed by atoms with E-state index in [-0.39, 0.29) is 24.4 Å². The van der Waals surface area contributed by atoms with Crippen molar-refractivity contribution in [1.29, 1.82) is 0 Å². The maximum atomic E-state index is 12.6. The number of rotatable bonds is 2. The van der Waals surface area contributed by atoms with Gasteiger partial charge < -0.3 is 14.8 Å². The molecule has 0 spiro atoms. The summed E-state index contributed by atoms with van der Waals surface area (Å²) in [5, 5.41) is 1.56. The van der Waals surface area contributed by atoms with Crippen LogP contribution in [0.5, 0.6) is 0 Å². The van der Waals surface area contributed by atoms with E-state index < -0.39 is 0 Å². The van der Waals surface area contributed by atoms with Gasteiger partial charge in [0.2, 0.25) is 5.91 Å². The molecule has 3 rings (SSSR count). The SMILES string of the molecule is CC(C)N1CCN(C(=O)c2cc3c(Cl)c(Cl)ccc3[nH]2)CC1=O. The normalized spacial score (nSPS) is 15.8. The van der Waals surface area contributed by atoms with Gasteiger partial charge >= 0.3 is 0 Å². The number of carbonyl (C=O) groups is 2. The second kappa shape index (κ2) is 6.06. The maximum Gasteiger partial charge on any atom is 0.270 e. The van der Waals surface area contributed by atoms with Gasteiger partial charge in [0.15, 0.2) is 0 Å². The fourth-order valence-electron chi connectivity index (χ4n) is 2.83. The van der Waals surface area contributed by atoms with Gasteiger partial charge in [-0.25, -0.2) is 0 Å². The zero-order valence-electron chi connectivity index (χ0n) is 12.9. The summed E-state index contributed by atoms with van der Waals surface area (Å²) < 4.78 is 0. The third kappa shape index (κ3) is 2.91. The minimum atomic E-state index is -0.204. The maximum absolute atomic E-state index is 12.6. The highest BCUT2D eigenvalue weighted by Gasteiger charge is 2.29. The van der Waals surface area contributed by atoms with E-state index in [1.54, 1.807) is 28.0 Å². The number of hydrogen-bond acceptors (Lipinski definition) is 2. The molecule has 0 atom stereocenters. The van der Waals surface area contributed by atoms with Crippen molar-refractivity contribution in [2.24, 2.45) is 0 Å². The number of aromatic amines is 1. The Labute approximate surface area is 144 Å². The predicted octanol–water partition coefficient (Wildman–Crippen LogP) is 3.17. The molecule has 1 N–H and O–H groups in total. The van der Waals surface area contributed by atoms with E-state index >= 15 is 0 Å². The fraction of sp³-hybridized carbons (Fsp3) is 0.375. The van der Waals surface area contributed by atoms with Gasteiger partial charge in [-0.1, -0.05) is 23.2 Å². The molecule has 122 valence electrons. The summed E-state index contributed by atoms with van der Waals surface area (Å²) in [6.07, 6.45) is 0. The molecule has 7 heteroatoms. The Hall–Kier alpha value is -1.72. The molecule has 0 unspecified atom stereocenters. The van der Waals surface area contributed by atoms with E-state index in [4.69, 9.17) is 23.2 Å². The average Bonchev–Trinajstić information content (AvgIpc) is 2.94. The van der Waals surface area contributed by atoms with Crippen molar-refractivity contribution in [1.82, 2.24) is 14.8 Å². The van der Waals surface area contributed by atoms with Crippen molar-refractivity contribution in [2.75, 3.05) is 19.6 Å². The van der Waals surface area contributed by atoms with Gasteiger partial charge in [0.25, 0.3) is 5.91 Å². The second-order valence-corrected chi connectivity index (χ2v) is 6.70. The van der Waals surface area contributed by atoms with Crippen LogP contribution >= 0.6 is 23.2 Å². The van der Waals surface area contributed by atoms with Gasteiger partial charge in [0.05, 0.1) is 10.0 Å². The molecule has 1 aliphatic heterocycles. The topological polar surface area (TPSA) is 56.4 Å². The molecule has 1 saturated heterocycles. The largest absolute Gasteiger partial charge is 0.350 e. The number of carbonyl (C=O) groups excluding carboxylic acids is 2. The van der Waals surface area contributed by atoms with Crippen LogP contribution in [0, 0.1) is 0 Å². The zero-order chi connectivity index (χ0) is 16.7. The number of benzene rings is 1. The molecule has 2 amide bonds. The lowest BCUT2D eigenvalue weighted by Gasteiger charge is -2.36. The molecule has 0 saturated carbocycles. The summed E-state index contributed by atoms with van der Waals surface area (Å²) >= 11 is 12.2. The van der Waals surface area contributed by atoms with E-state index in [0.29, 0.717) is 34.2 Å². The van der Waals surface area contributed by atoms with Crippen LogP contribution in [-0.2, 0) is 4.79 Å². The molecular formula is C16H17Cl2N3O2. The Morgan fingerprint density at radius 2 is 2.00 bits per heavy atom. The van der Waals surface area contributed by atoms with Crippen LogP contribution in [0.2, 0.25) is 10.0 Å². The van der Waals surface area contributed by atoms with Gasteiger partial charge in [-0.15, -0.1) is 0 Å². The average molecular weight is 354 g/mol. The number of hydrogen-bond donors (Lipinski definition) is 1. The summed E-state index contributed by atoms with van der Waals surface area (Å²) in [6.45, 7) is 5.11. The summed E-state index contributed by atoms with van der Waals surface area (Å²) in [7, 11) is 0. The summed E-state index contributed by atoms with van der Waals surface area (Å²) in [6, 6.07) is 5.30. The van der Waals surface area contributed by atoms with E-state index in [0.717, 1.165) is 5.52 Å². The zero-order valence-corrected chi connectivity index (χ0v) is 14.4. The third-order valence-electron chi connectivity index (χ3n) is 4.09. The van der Waals surface area contributed by atoms with Crippen LogP contribution in [0.3, 0.4) is 0 Å². The van der Waals surface area contributed by atoms with Crippen LogP contribution in [0.4, 0.5) is 0 Å². The van der Waals surface area contributed by atoms with Crippen LogP contribution in [0.25, 0.3) is 10.9 Å². The molecule has 1 aliphatic rings. The lowest BCUT2D eigenvalue weighted by Crippen LogP contribution is -2.54. The molecule has 1 aromatic carbocycles. The number of H-pyrrole nitrogens is 1. The molecular weight excluding hydrogens is 337 g/mol. The lowest BCUT2D eigenvalue weighted by molar-refractivity contribution is -0.136. The van der Waals surface area contributed by atoms with Crippen molar-refractivity contribution in [3.05, 3.63) is 33.9 Å².